The van der Waals surface area contributed by atoms with Crippen molar-refractivity contribution >= 4 is 29.4 Å². The third kappa shape index (κ3) is 7.71. The number of amidine groups is 1. The molecule has 0 radical (unpaired) electrons. The van der Waals surface area contributed by atoms with Crippen molar-refractivity contribution in [2.24, 2.45) is 11.7 Å². The van der Waals surface area contributed by atoms with Crippen LogP contribution < -0.4 is 21.7 Å². The van der Waals surface area contributed by atoms with Crippen LogP contribution in [0.25, 0.3) is 0 Å². The van der Waals surface area contributed by atoms with Gasteiger partial charge in [-0.2, -0.15) is 0 Å². The Morgan fingerprint density at radius 1 is 1.12 bits per heavy atom. The Bertz CT molecular complexity index is 947. The Morgan fingerprint density at radius 2 is 1.81 bits per heavy atom. The van der Waals surface area contributed by atoms with Crippen molar-refractivity contribution in [1.29, 1.82) is 5.41 Å². The average Bonchev–Trinajstić information content (AvgIpc) is 2.73. The maximum absolute atomic E-state index is 12.9. The van der Waals surface area contributed by atoms with Crippen molar-refractivity contribution in [3.63, 3.8) is 0 Å². The van der Waals surface area contributed by atoms with E-state index in [4.69, 9.17) is 11.1 Å². The van der Waals surface area contributed by atoms with Crippen LogP contribution in [0.5, 0.6) is 0 Å². The third-order valence-electron chi connectivity index (χ3n) is 4.56. The summed E-state index contributed by atoms with van der Waals surface area (Å²) in [5, 5.41) is 24.6. The van der Waals surface area contributed by atoms with Gasteiger partial charge in [-0.05, 0) is 48.2 Å². The zero-order valence-corrected chi connectivity index (χ0v) is 18.0. The van der Waals surface area contributed by atoms with Crippen molar-refractivity contribution < 1.29 is 19.5 Å². The molecule has 0 fully saturated rings. The van der Waals surface area contributed by atoms with Crippen molar-refractivity contribution in [3.8, 4) is 0 Å². The summed E-state index contributed by atoms with van der Waals surface area (Å²) >= 11 is 0. The molecular weight excluding hydrogens is 412 g/mol. The smallest absolute Gasteiger partial charge is 0.319 e. The van der Waals surface area contributed by atoms with Gasteiger partial charge in [-0.1, -0.05) is 19.9 Å². The Hall–Kier alpha value is -3.95. The molecule has 32 heavy (non-hydrogen) atoms. The molecule has 2 rings (SSSR count). The van der Waals surface area contributed by atoms with E-state index in [1.54, 1.807) is 42.6 Å². The highest BCUT2D eigenvalue weighted by molar-refractivity contribution is 5.97. The number of rotatable bonds is 10. The van der Waals surface area contributed by atoms with Crippen molar-refractivity contribution in [2.75, 3.05) is 5.32 Å². The molecular formula is C22H28N6O4. The first kappa shape index (κ1) is 24.3. The number of carbonyl (C=O) groups excluding carboxylic acids is 2. The Labute approximate surface area is 186 Å². The SMILES string of the molecule is CC(C)C[C@H](NC(=O)Nc1ccc(C(=N)N)cc1)C(=O)N[C@H](CC(=O)O)c1cccnc1. The molecule has 0 aliphatic carbocycles. The minimum absolute atomic E-state index is 0.0841. The molecule has 2 atom stereocenters. The quantitative estimate of drug-likeness (QED) is 0.244. The summed E-state index contributed by atoms with van der Waals surface area (Å²) < 4.78 is 0. The number of benzene rings is 1. The highest BCUT2D eigenvalue weighted by Gasteiger charge is 2.26. The van der Waals surface area contributed by atoms with Crippen LogP contribution in [0.2, 0.25) is 0 Å². The van der Waals surface area contributed by atoms with E-state index in [1.807, 2.05) is 13.8 Å². The zero-order valence-electron chi connectivity index (χ0n) is 18.0. The number of aromatic nitrogens is 1. The van der Waals surface area contributed by atoms with Gasteiger partial charge in [-0.15, -0.1) is 0 Å². The van der Waals surface area contributed by atoms with Crippen LogP contribution in [-0.4, -0.2) is 39.9 Å². The van der Waals surface area contributed by atoms with E-state index in [2.05, 4.69) is 20.9 Å². The molecule has 10 nitrogen and oxygen atoms in total. The van der Waals surface area contributed by atoms with Gasteiger partial charge >= 0.3 is 12.0 Å². The third-order valence-corrected chi connectivity index (χ3v) is 4.56. The number of carboxylic acids is 1. The van der Waals surface area contributed by atoms with Crippen molar-refractivity contribution in [3.05, 3.63) is 59.9 Å². The van der Waals surface area contributed by atoms with Gasteiger partial charge in [0.2, 0.25) is 5.91 Å². The lowest BCUT2D eigenvalue weighted by Crippen LogP contribution is -2.49. The van der Waals surface area contributed by atoms with E-state index < -0.39 is 30.0 Å². The summed E-state index contributed by atoms with van der Waals surface area (Å²) in [6.07, 6.45) is 3.09. The van der Waals surface area contributed by atoms with E-state index in [0.29, 0.717) is 23.2 Å². The highest BCUT2D eigenvalue weighted by Crippen LogP contribution is 2.17. The first-order valence-corrected chi connectivity index (χ1v) is 10.1. The van der Waals surface area contributed by atoms with Crippen molar-refractivity contribution in [2.45, 2.75) is 38.8 Å². The van der Waals surface area contributed by atoms with Crippen LogP contribution in [0.3, 0.4) is 0 Å². The number of urea groups is 1. The first-order valence-electron chi connectivity index (χ1n) is 10.1. The Balaban J connectivity index is 2.09. The fourth-order valence-corrected chi connectivity index (χ4v) is 3.04. The van der Waals surface area contributed by atoms with Crippen LogP contribution in [-0.2, 0) is 9.59 Å². The minimum atomic E-state index is -1.07. The number of carbonyl (C=O) groups is 3. The number of amides is 3. The van der Waals surface area contributed by atoms with E-state index in [1.165, 1.54) is 6.20 Å². The van der Waals surface area contributed by atoms with Crippen molar-refractivity contribution in [1.82, 2.24) is 15.6 Å². The predicted octanol–water partition coefficient (Wildman–Crippen LogP) is 2.23. The second-order valence-corrected chi connectivity index (χ2v) is 7.72. The Morgan fingerprint density at radius 3 is 2.34 bits per heavy atom. The minimum Gasteiger partial charge on any atom is -0.481 e. The van der Waals surface area contributed by atoms with Gasteiger partial charge in [0, 0.05) is 23.6 Å². The van der Waals surface area contributed by atoms with Crippen LogP contribution in [0.4, 0.5) is 10.5 Å². The molecule has 1 aromatic carbocycles. The first-order chi connectivity index (χ1) is 15.2. The molecule has 7 N–H and O–H groups in total. The molecule has 1 aromatic heterocycles. The molecule has 2 aromatic rings. The van der Waals surface area contributed by atoms with Gasteiger partial charge in [-0.25, -0.2) is 4.79 Å². The zero-order chi connectivity index (χ0) is 23.7. The fourth-order valence-electron chi connectivity index (χ4n) is 3.04. The van der Waals surface area contributed by atoms with Gasteiger partial charge in [0.25, 0.3) is 0 Å². The standard InChI is InChI=1S/C22H28N6O4/c1-13(2)10-18(28-22(32)26-16-7-5-14(6-8-16)20(23)24)21(31)27-17(11-19(29)30)15-4-3-9-25-12-15/h3-9,12-13,17-18H,10-11H2,1-2H3,(H3,23,24)(H,27,31)(H,29,30)(H2,26,28,32)/t17-,18+/m1/s1. The molecule has 0 unspecified atom stereocenters. The second-order valence-electron chi connectivity index (χ2n) is 7.72. The number of hydrogen-bond donors (Lipinski definition) is 6. The van der Waals surface area contributed by atoms with Crippen LogP contribution in [0, 0.1) is 11.3 Å². The number of nitrogen functional groups attached to an aromatic ring is 1. The maximum Gasteiger partial charge on any atom is 0.319 e. The number of nitrogens with zero attached hydrogens (tertiary/aromatic N) is 1. The number of nitrogens with one attached hydrogen (secondary N) is 4. The second kappa shape index (κ2) is 11.4. The van der Waals surface area contributed by atoms with Gasteiger partial charge < -0.3 is 26.8 Å². The lowest BCUT2D eigenvalue weighted by atomic mass is 10.0. The number of pyridine rings is 1. The number of carboxylic acid groups (broad SMARTS) is 1. The molecule has 0 saturated heterocycles. The fraction of sp³-hybridized carbons (Fsp3) is 0.318. The lowest BCUT2D eigenvalue weighted by molar-refractivity contribution is -0.137. The van der Waals surface area contributed by atoms with E-state index in [0.717, 1.165) is 0 Å². The normalized spacial score (nSPS) is 12.5. The molecule has 0 bridgehead atoms. The highest BCUT2D eigenvalue weighted by atomic mass is 16.4. The van der Waals surface area contributed by atoms with Crippen LogP contribution >= 0.6 is 0 Å². The maximum atomic E-state index is 12.9. The molecule has 3 amide bonds. The van der Waals surface area contributed by atoms with Crippen LogP contribution in [0.1, 0.15) is 43.9 Å². The monoisotopic (exact) mass is 440 g/mol. The summed E-state index contributed by atoms with van der Waals surface area (Å²) in [4.78, 5) is 40.7. The largest absolute Gasteiger partial charge is 0.481 e. The molecule has 0 saturated carbocycles. The predicted molar refractivity (Wildman–Crippen MR) is 120 cm³/mol. The Kier molecular flexibility index (Phi) is 8.70. The summed E-state index contributed by atoms with van der Waals surface area (Å²) in [6.45, 7) is 3.83. The van der Waals surface area contributed by atoms with Crippen LogP contribution in [0.15, 0.2) is 48.8 Å². The lowest BCUT2D eigenvalue weighted by Gasteiger charge is -2.24. The van der Waals surface area contributed by atoms with E-state index in [-0.39, 0.29) is 18.2 Å². The van der Waals surface area contributed by atoms with Gasteiger partial charge in [0.15, 0.2) is 0 Å². The summed E-state index contributed by atoms with van der Waals surface area (Å²) in [5.74, 6) is -1.55. The summed E-state index contributed by atoms with van der Waals surface area (Å²) in [7, 11) is 0. The topological polar surface area (TPSA) is 170 Å². The molecule has 170 valence electrons. The van der Waals surface area contributed by atoms with Gasteiger partial charge in [0.1, 0.15) is 11.9 Å². The molecule has 10 heteroatoms. The summed E-state index contributed by atoms with van der Waals surface area (Å²) in [5.41, 5.74) is 6.97. The molecule has 0 spiro atoms. The number of aliphatic carboxylic acids is 1. The summed E-state index contributed by atoms with van der Waals surface area (Å²) in [6, 6.07) is 7.48. The van der Waals surface area contributed by atoms with E-state index >= 15 is 0 Å². The number of hydrogen-bond acceptors (Lipinski definition) is 5. The number of nitrogens with two attached hydrogens (primary N) is 1. The molecule has 0 aliphatic rings. The number of anilines is 1. The average molecular weight is 441 g/mol. The van der Waals surface area contributed by atoms with Gasteiger partial charge in [-0.3, -0.25) is 20.0 Å². The van der Waals surface area contributed by atoms with Gasteiger partial charge in [0.05, 0.1) is 12.5 Å². The van der Waals surface area contributed by atoms with E-state index in [9.17, 15) is 19.5 Å². The molecule has 0 aliphatic heterocycles. The molecule has 1 heterocycles.